The number of benzene rings is 1. The van der Waals surface area contributed by atoms with Crippen LogP contribution in [0, 0.1) is 6.92 Å². The fourth-order valence-electron chi connectivity index (χ4n) is 2.04. The quantitative estimate of drug-likeness (QED) is 0.688. The van der Waals surface area contributed by atoms with Crippen molar-refractivity contribution in [3.05, 3.63) is 58.2 Å². The summed E-state index contributed by atoms with van der Waals surface area (Å²) in [5, 5.41) is 4.34. The first kappa shape index (κ1) is 14.7. The first-order valence-corrected chi connectivity index (χ1v) is 7.70. The van der Waals surface area contributed by atoms with Crippen molar-refractivity contribution in [1.82, 2.24) is 9.72 Å². The van der Waals surface area contributed by atoms with Crippen molar-refractivity contribution in [3.63, 3.8) is 0 Å². The van der Waals surface area contributed by atoms with E-state index in [1.807, 2.05) is 22.8 Å². The molecule has 0 saturated heterocycles. The summed E-state index contributed by atoms with van der Waals surface area (Å²) in [5.74, 6) is -0.339. The van der Waals surface area contributed by atoms with Gasteiger partial charge >= 0.3 is 5.91 Å². The van der Waals surface area contributed by atoms with E-state index in [1.165, 1.54) is 11.3 Å². The van der Waals surface area contributed by atoms with Crippen LogP contribution in [0.4, 0.5) is 0 Å². The lowest BCUT2D eigenvalue weighted by Crippen LogP contribution is -2.16. The molecule has 22 heavy (non-hydrogen) atoms. The summed E-state index contributed by atoms with van der Waals surface area (Å²) in [7, 11) is 0. The highest BCUT2D eigenvalue weighted by molar-refractivity contribution is 7.16. The second kappa shape index (κ2) is 5.90. The number of thiazole rings is 1. The zero-order chi connectivity index (χ0) is 15.7. The highest BCUT2D eigenvalue weighted by Gasteiger charge is 2.12. The SMILES string of the molecule is C=CCn1c(=NC(=O)c2cc(C)no2)sc2cc(Cl)ccc21. The molecule has 2 heterocycles. The van der Waals surface area contributed by atoms with Gasteiger partial charge < -0.3 is 9.09 Å². The number of halogens is 1. The molecule has 0 unspecified atom stereocenters. The van der Waals surface area contributed by atoms with E-state index in [1.54, 1.807) is 19.1 Å². The average Bonchev–Trinajstić information content (AvgIpc) is 3.04. The molecule has 1 aromatic carbocycles. The van der Waals surface area contributed by atoms with E-state index in [9.17, 15) is 4.79 Å². The fraction of sp³-hybridized carbons (Fsp3) is 0.133. The van der Waals surface area contributed by atoms with E-state index < -0.39 is 5.91 Å². The molecule has 7 heteroatoms. The molecular weight excluding hydrogens is 322 g/mol. The molecule has 0 radical (unpaired) electrons. The maximum Gasteiger partial charge on any atom is 0.318 e. The molecule has 1 amide bonds. The van der Waals surface area contributed by atoms with Crippen LogP contribution in [0.1, 0.15) is 16.2 Å². The maximum absolute atomic E-state index is 12.2. The predicted octanol–water partition coefficient (Wildman–Crippen LogP) is 3.58. The molecule has 3 aromatic rings. The zero-order valence-corrected chi connectivity index (χ0v) is 13.3. The summed E-state index contributed by atoms with van der Waals surface area (Å²) in [6.07, 6.45) is 1.75. The number of aromatic nitrogens is 2. The first-order valence-electron chi connectivity index (χ1n) is 6.50. The van der Waals surface area contributed by atoms with Gasteiger partial charge in [0.25, 0.3) is 0 Å². The Balaban J connectivity index is 2.16. The third kappa shape index (κ3) is 2.75. The third-order valence-corrected chi connectivity index (χ3v) is 4.27. The van der Waals surface area contributed by atoms with Crippen molar-refractivity contribution in [2.45, 2.75) is 13.5 Å². The normalized spacial score (nSPS) is 12.0. The average molecular weight is 334 g/mol. The number of nitrogens with zero attached hydrogens (tertiary/aromatic N) is 3. The predicted molar refractivity (Wildman–Crippen MR) is 86.2 cm³/mol. The largest absolute Gasteiger partial charge is 0.351 e. The zero-order valence-electron chi connectivity index (χ0n) is 11.7. The molecule has 5 nitrogen and oxygen atoms in total. The smallest absolute Gasteiger partial charge is 0.318 e. The standard InChI is InChI=1S/C15H12ClN3O2S/c1-3-6-19-11-5-4-10(16)8-13(11)22-15(19)17-14(20)12-7-9(2)18-21-12/h3-5,7-8H,1,6H2,2H3. The van der Waals surface area contributed by atoms with E-state index in [4.69, 9.17) is 16.1 Å². The van der Waals surface area contributed by atoms with Crippen LogP contribution >= 0.6 is 22.9 Å². The van der Waals surface area contributed by atoms with Gasteiger partial charge in [-0.3, -0.25) is 4.79 Å². The third-order valence-electron chi connectivity index (χ3n) is 2.99. The second-order valence-electron chi connectivity index (χ2n) is 4.65. The van der Waals surface area contributed by atoms with E-state index in [0.717, 1.165) is 10.2 Å². The number of aryl methyl sites for hydroxylation is 1. The van der Waals surface area contributed by atoms with Gasteiger partial charge in [0.1, 0.15) is 0 Å². The van der Waals surface area contributed by atoms with Gasteiger partial charge in [0.05, 0.1) is 15.9 Å². The van der Waals surface area contributed by atoms with Gasteiger partial charge in [0.2, 0.25) is 5.76 Å². The van der Waals surface area contributed by atoms with Crippen LogP contribution in [-0.4, -0.2) is 15.6 Å². The summed E-state index contributed by atoms with van der Waals surface area (Å²) < 4.78 is 7.81. The van der Waals surface area contributed by atoms with Crippen molar-refractivity contribution >= 4 is 39.1 Å². The number of hydrogen-bond acceptors (Lipinski definition) is 4. The fourth-order valence-corrected chi connectivity index (χ4v) is 3.36. The minimum Gasteiger partial charge on any atom is -0.351 e. The lowest BCUT2D eigenvalue weighted by molar-refractivity contribution is 0.0962. The van der Waals surface area contributed by atoms with Crippen LogP contribution in [-0.2, 0) is 6.54 Å². The summed E-state index contributed by atoms with van der Waals surface area (Å²) in [6.45, 7) is 6.04. The lowest BCUT2D eigenvalue weighted by Gasteiger charge is -2.00. The minimum absolute atomic E-state index is 0.123. The molecule has 0 atom stereocenters. The van der Waals surface area contributed by atoms with E-state index in [-0.39, 0.29) is 5.76 Å². The molecule has 112 valence electrons. The molecule has 0 aliphatic carbocycles. The summed E-state index contributed by atoms with van der Waals surface area (Å²) in [5.41, 5.74) is 1.59. The molecular formula is C15H12ClN3O2S. The molecule has 0 saturated carbocycles. The molecule has 0 aliphatic heterocycles. The van der Waals surface area contributed by atoms with Gasteiger partial charge in [-0.1, -0.05) is 34.2 Å². The van der Waals surface area contributed by atoms with Gasteiger partial charge in [-0.25, -0.2) is 0 Å². The molecule has 2 aromatic heterocycles. The second-order valence-corrected chi connectivity index (χ2v) is 6.09. The van der Waals surface area contributed by atoms with Crippen LogP contribution in [0.5, 0.6) is 0 Å². The lowest BCUT2D eigenvalue weighted by atomic mass is 10.3. The van der Waals surface area contributed by atoms with Crippen LogP contribution < -0.4 is 4.80 Å². The number of carbonyl (C=O) groups is 1. The molecule has 3 rings (SSSR count). The van der Waals surface area contributed by atoms with Gasteiger partial charge in [-0.15, -0.1) is 6.58 Å². The van der Waals surface area contributed by atoms with E-state index in [0.29, 0.717) is 22.1 Å². The van der Waals surface area contributed by atoms with Gasteiger partial charge in [0, 0.05) is 17.6 Å². The van der Waals surface area contributed by atoms with E-state index in [2.05, 4.69) is 16.7 Å². The Hall–Kier alpha value is -2.18. The highest BCUT2D eigenvalue weighted by Crippen LogP contribution is 2.22. The number of amides is 1. The van der Waals surface area contributed by atoms with Crippen LogP contribution in [0.15, 0.2) is 46.4 Å². The molecule has 0 N–H and O–H groups in total. The number of fused-ring (bicyclic) bond motifs is 1. The Morgan fingerprint density at radius 2 is 2.36 bits per heavy atom. The van der Waals surface area contributed by atoms with Crippen molar-refractivity contribution < 1.29 is 9.32 Å². The van der Waals surface area contributed by atoms with Crippen molar-refractivity contribution in [2.75, 3.05) is 0 Å². The monoisotopic (exact) mass is 333 g/mol. The maximum atomic E-state index is 12.2. The van der Waals surface area contributed by atoms with Gasteiger partial charge in [-0.2, -0.15) is 4.99 Å². The van der Waals surface area contributed by atoms with Crippen molar-refractivity contribution in [3.8, 4) is 0 Å². The van der Waals surface area contributed by atoms with Crippen LogP contribution in [0.3, 0.4) is 0 Å². The number of carbonyl (C=O) groups excluding carboxylic acids is 1. The number of hydrogen-bond donors (Lipinski definition) is 0. The molecule has 0 aliphatic rings. The Morgan fingerprint density at radius 1 is 1.55 bits per heavy atom. The first-order chi connectivity index (χ1) is 10.6. The molecule has 0 bridgehead atoms. The molecule has 0 fully saturated rings. The van der Waals surface area contributed by atoms with Gasteiger partial charge in [-0.05, 0) is 25.1 Å². The molecule has 0 spiro atoms. The highest BCUT2D eigenvalue weighted by atomic mass is 35.5. The van der Waals surface area contributed by atoms with Crippen LogP contribution in [0.25, 0.3) is 10.2 Å². The Bertz CT molecular complexity index is 936. The summed E-state index contributed by atoms with van der Waals surface area (Å²) >= 11 is 7.41. The summed E-state index contributed by atoms with van der Waals surface area (Å²) in [4.78, 5) is 16.9. The van der Waals surface area contributed by atoms with Crippen LogP contribution in [0.2, 0.25) is 5.02 Å². The Kier molecular flexibility index (Phi) is 3.96. The number of rotatable bonds is 3. The topological polar surface area (TPSA) is 60.4 Å². The van der Waals surface area contributed by atoms with E-state index >= 15 is 0 Å². The Labute approximate surface area is 135 Å². The minimum atomic E-state index is -0.462. The summed E-state index contributed by atoms with van der Waals surface area (Å²) in [6, 6.07) is 7.12. The number of allylic oxidation sites excluding steroid dienone is 1. The van der Waals surface area contributed by atoms with Gasteiger partial charge in [0.15, 0.2) is 4.80 Å². The van der Waals surface area contributed by atoms with Crippen molar-refractivity contribution in [2.24, 2.45) is 4.99 Å². The Morgan fingerprint density at radius 3 is 3.05 bits per heavy atom. The van der Waals surface area contributed by atoms with Crippen molar-refractivity contribution in [1.29, 1.82) is 0 Å².